The maximum absolute atomic E-state index is 5.60. The van der Waals surface area contributed by atoms with Gasteiger partial charge in [-0.2, -0.15) is 0 Å². The number of hydrogen-bond donors (Lipinski definition) is 1. The molecule has 1 aromatic rings. The Morgan fingerprint density at radius 2 is 1.69 bits per heavy atom. The minimum atomic E-state index is 0.0409. The maximum Gasteiger partial charge on any atom is 0.161 e. The van der Waals surface area contributed by atoms with Crippen LogP contribution in [0.4, 0.5) is 0 Å². The molecule has 0 saturated carbocycles. The second kappa shape index (κ2) is 8.57. The van der Waals surface area contributed by atoms with Gasteiger partial charge in [0.2, 0.25) is 0 Å². The van der Waals surface area contributed by atoms with Gasteiger partial charge in [-0.05, 0) is 64.8 Å². The number of thiocarbonyl (C=S) groups is 1. The highest BCUT2D eigenvalue weighted by Crippen LogP contribution is 2.42. The lowest BCUT2D eigenvalue weighted by atomic mass is 9.71. The van der Waals surface area contributed by atoms with Gasteiger partial charge in [0, 0.05) is 29.6 Å². The van der Waals surface area contributed by atoms with Crippen LogP contribution < -0.4 is 14.8 Å². The predicted molar refractivity (Wildman–Crippen MR) is 113 cm³/mol. The largest absolute Gasteiger partial charge is 0.493 e. The number of fused-ring (bicyclic) bond motifs is 1. The number of ether oxygens (including phenoxy) is 2. The van der Waals surface area contributed by atoms with Crippen molar-refractivity contribution in [1.29, 1.82) is 0 Å². The molecule has 26 heavy (non-hydrogen) atoms. The molecule has 1 atom stereocenters. The highest BCUT2D eigenvalue weighted by atomic mass is 32.1. The third-order valence-corrected chi connectivity index (χ3v) is 6.14. The summed E-state index contributed by atoms with van der Waals surface area (Å²) in [6, 6.07) is 5.23. The lowest BCUT2D eigenvalue weighted by Crippen LogP contribution is -2.49. The summed E-state index contributed by atoms with van der Waals surface area (Å²) in [4.78, 5) is 3.36. The molecule has 0 saturated heterocycles. The summed E-state index contributed by atoms with van der Waals surface area (Å²) in [5, 5.41) is 3.47. The number of rotatable bonds is 8. The molecule has 0 spiro atoms. The van der Waals surface area contributed by atoms with Crippen LogP contribution in [0.5, 0.6) is 11.5 Å². The van der Waals surface area contributed by atoms with Crippen molar-refractivity contribution in [1.82, 2.24) is 10.2 Å². The molecule has 146 valence electrons. The fraction of sp³-hybridized carbons (Fsp3) is 0.667. The second-order valence-corrected chi connectivity index (χ2v) is 8.15. The fourth-order valence-electron chi connectivity index (χ4n) is 4.12. The first kappa shape index (κ1) is 21.0. The molecule has 0 aromatic heterocycles. The SMILES string of the molecule is CCC1(CCN(C(C)C)C(C)C)CNC(=S)c2cc(OC)c(OC)cc21. The van der Waals surface area contributed by atoms with E-state index in [9.17, 15) is 0 Å². The molecule has 4 nitrogen and oxygen atoms in total. The second-order valence-electron chi connectivity index (χ2n) is 7.74. The highest BCUT2D eigenvalue weighted by Gasteiger charge is 2.38. The molecular formula is C21H34N2O2S. The first-order valence-corrected chi connectivity index (χ1v) is 10.0. The summed E-state index contributed by atoms with van der Waals surface area (Å²) in [5.74, 6) is 1.51. The minimum Gasteiger partial charge on any atom is -0.493 e. The third-order valence-electron chi connectivity index (χ3n) is 5.78. The van der Waals surface area contributed by atoms with Crippen molar-refractivity contribution < 1.29 is 9.47 Å². The van der Waals surface area contributed by atoms with Gasteiger partial charge in [0.05, 0.1) is 14.2 Å². The van der Waals surface area contributed by atoms with E-state index >= 15 is 0 Å². The molecule has 1 aliphatic heterocycles. The summed E-state index contributed by atoms with van der Waals surface area (Å²) < 4.78 is 11.1. The first-order valence-electron chi connectivity index (χ1n) is 9.60. The van der Waals surface area contributed by atoms with Gasteiger partial charge in [-0.3, -0.25) is 4.90 Å². The van der Waals surface area contributed by atoms with Crippen molar-refractivity contribution in [3.05, 3.63) is 23.3 Å². The molecule has 1 aliphatic rings. The van der Waals surface area contributed by atoms with E-state index < -0.39 is 0 Å². The van der Waals surface area contributed by atoms with Gasteiger partial charge in [0.15, 0.2) is 11.5 Å². The normalized spacial score (nSPS) is 19.7. The Morgan fingerprint density at radius 3 is 2.19 bits per heavy atom. The number of nitrogens with zero attached hydrogens (tertiary/aromatic N) is 1. The van der Waals surface area contributed by atoms with E-state index in [0.29, 0.717) is 12.1 Å². The van der Waals surface area contributed by atoms with Crippen LogP contribution in [0.25, 0.3) is 0 Å². The van der Waals surface area contributed by atoms with Crippen LogP contribution in [0.3, 0.4) is 0 Å². The summed E-state index contributed by atoms with van der Waals surface area (Å²) >= 11 is 5.60. The lowest BCUT2D eigenvalue weighted by Gasteiger charge is -2.42. The molecule has 1 unspecified atom stereocenters. The van der Waals surface area contributed by atoms with Gasteiger partial charge in [-0.1, -0.05) is 19.1 Å². The average molecular weight is 379 g/mol. The van der Waals surface area contributed by atoms with Crippen LogP contribution in [0.2, 0.25) is 0 Å². The number of methoxy groups -OCH3 is 2. The maximum atomic E-state index is 5.60. The molecule has 0 bridgehead atoms. The lowest BCUT2D eigenvalue weighted by molar-refractivity contribution is 0.154. The van der Waals surface area contributed by atoms with Crippen LogP contribution in [0, 0.1) is 0 Å². The minimum absolute atomic E-state index is 0.0409. The third kappa shape index (κ3) is 3.99. The zero-order valence-electron chi connectivity index (χ0n) is 17.3. The molecule has 1 heterocycles. The van der Waals surface area contributed by atoms with E-state index in [1.54, 1.807) is 14.2 Å². The van der Waals surface area contributed by atoms with Crippen LogP contribution >= 0.6 is 12.2 Å². The number of hydrogen-bond acceptors (Lipinski definition) is 4. The molecular weight excluding hydrogens is 344 g/mol. The molecule has 0 amide bonds. The van der Waals surface area contributed by atoms with Crippen molar-refractivity contribution in [2.75, 3.05) is 27.3 Å². The highest BCUT2D eigenvalue weighted by molar-refractivity contribution is 7.80. The Balaban J connectivity index is 2.44. The molecule has 1 N–H and O–H groups in total. The molecule has 1 aromatic carbocycles. The fourth-order valence-corrected chi connectivity index (χ4v) is 4.36. The van der Waals surface area contributed by atoms with Gasteiger partial charge in [0.25, 0.3) is 0 Å². The van der Waals surface area contributed by atoms with E-state index in [0.717, 1.165) is 48.0 Å². The smallest absolute Gasteiger partial charge is 0.161 e. The van der Waals surface area contributed by atoms with Gasteiger partial charge >= 0.3 is 0 Å². The summed E-state index contributed by atoms with van der Waals surface area (Å²) in [7, 11) is 3.36. The van der Waals surface area contributed by atoms with Crippen molar-refractivity contribution in [3.63, 3.8) is 0 Å². The number of nitrogens with one attached hydrogen (secondary N) is 1. The predicted octanol–water partition coefficient (Wildman–Crippen LogP) is 4.14. The van der Waals surface area contributed by atoms with Gasteiger partial charge in [-0.15, -0.1) is 0 Å². The molecule has 0 aliphatic carbocycles. The molecule has 5 heteroatoms. The zero-order chi connectivity index (χ0) is 19.5. The Kier molecular flexibility index (Phi) is 6.92. The molecule has 2 rings (SSSR count). The Bertz CT molecular complexity index is 637. The van der Waals surface area contributed by atoms with Gasteiger partial charge in [-0.25, -0.2) is 0 Å². The molecule has 0 radical (unpaired) electrons. The van der Waals surface area contributed by atoms with Crippen molar-refractivity contribution in [2.24, 2.45) is 0 Å². The average Bonchev–Trinajstić information content (AvgIpc) is 2.62. The van der Waals surface area contributed by atoms with Crippen LogP contribution in [-0.4, -0.2) is 49.3 Å². The van der Waals surface area contributed by atoms with Gasteiger partial charge < -0.3 is 14.8 Å². The first-order chi connectivity index (χ1) is 12.3. The monoisotopic (exact) mass is 378 g/mol. The van der Waals surface area contributed by atoms with E-state index in [1.807, 2.05) is 6.07 Å². The van der Waals surface area contributed by atoms with E-state index in [1.165, 1.54) is 5.56 Å². The quantitative estimate of drug-likeness (QED) is 0.688. The van der Waals surface area contributed by atoms with Crippen molar-refractivity contribution in [2.45, 2.75) is 65.0 Å². The van der Waals surface area contributed by atoms with Crippen molar-refractivity contribution in [3.8, 4) is 11.5 Å². The zero-order valence-corrected chi connectivity index (χ0v) is 18.1. The van der Waals surface area contributed by atoms with E-state index in [2.05, 4.69) is 50.9 Å². The Hall–Kier alpha value is -1.33. The summed E-state index contributed by atoms with van der Waals surface area (Å²) in [5.41, 5.74) is 2.40. The summed E-state index contributed by atoms with van der Waals surface area (Å²) in [6.07, 6.45) is 2.13. The van der Waals surface area contributed by atoms with E-state index in [4.69, 9.17) is 21.7 Å². The van der Waals surface area contributed by atoms with Crippen LogP contribution in [0.15, 0.2) is 12.1 Å². The molecule has 0 fully saturated rings. The van der Waals surface area contributed by atoms with Crippen LogP contribution in [0.1, 0.15) is 58.6 Å². The van der Waals surface area contributed by atoms with Crippen molar-refractivity contribution >= 4 is 17.2 Å². The van der Waals surface area contributed by atoms with Gasteiger partial charge in [0.1, 0.15) is 4.99 Å². The van der Waals surface area contributed by atoms with Crippen LogP contribution in [-0.2, 0) is 5.41 Å². The van der Waals surface area contributed by atoms with E-state index in [-0.39, 0.29) is 5.41 Å². The Labute approximate surface area is 164 Å². The topological polar surface area (TPSA) is 33.7 Å². The number of benzene rings is 1. The Morgan fingerprint density at radius 1 is 1.12 bits per heavy atom. The standard InChI is InChI=1S/C21H34N2O2S/c1-8-21(9-10-23(14(2)3)15(4)5)13-22-20(26)16-11-18(24-6)19(25-7)12-17(16)21/h11-12,14-15H,8-10,13H2,1-7H3,(H,22,26). The summed E-state index contributed by atoms with van der Waals surface area (Å²) in [6.45, 7) is 13.3.